The molecule has 0 saturated carbocycles. The van der Waals surface area contributed by atoms with Crippen LogP contribution in [0.4, 0.5) is 0 Å². The normalized spacial score (nSPS) is 11.2. The molecule has 25 heavy (non-hydrogen) atoms. The average molecular weight is 379 g/mol. The van der Waals surface area contributed by atoms with Gasteiger partial charge in [0, 0.05) is 18.5 Å². The van der Waals surface area contributed by atoms with Gasteiger partial charge in [-0.2, -0.15) is 0 Å². The highest BCUT2D eigenvalue weighted by atomic mass is 32.2. The fraction of sp³-hybridized carbons (Fsp3) is 0.333. The van der Waals surface area contributed by atoms with Crippen LogP contribution in [0.1, 0.15) is 18.1 Å². The Morgan fingerprint density at radius 1 is 1.12 bits per heavy atom. The third kappa shape index (κ3) is 6.88. The minimum atomic E-state index is -3.49. The number of rotatable bonds is 9. The Morgan fingerprint density at radius 3 is 2.52 bits per heavy atom. The molecule has 1 amide bonds. The second kappa shape index (κ2) is 9.58. The van der Waals surface area contributed by atoms with Crippen molar-refractivity contribution in [1.82, 2.24) is 10.3 Å². The standard InChI is InChI=1S/C18H22N2O3S2/c1-2-15-7-3-4-8-16(15)13-25(22,23)14-17(21)19-11-12-24-18-9-5-6-10-20-18/h3-10H,2,11-14H2,1H3,(H,19,21). The molecule has 2 aromatic rings. The van der Waals surface area contributed by atoms with E-state index in [4.69, 9.17) is 0 Å². The minimum absolute atomic E-state index is 0.104. The van der Waals surface area contributed by atoms with Gasteiger partial charge in [0.05, 0.1) is 10.8 Å². The lowest BCUT2D eigenvalue weighted by Gasteiger charge is -2.09. The van der Waals surface area contributed by atoms with Crippen LogP contribution in [0, 0.1) is 0 Å². The number of hydrogen-bond donors (Lipinski definition) is 1. The van der Waals surface area contributed by atoms with Crippen molar-refractivity contribution in [3.8, 4) is 0 Å². The van der Waals surface area contributed by atoms with Gasteiger partial charge in [0.15, 0.2) is 9.84 Å². The lowest BCUT2D eigenvalue weighted by Crippen LogP contribution is -2.32. The number of hydrogen-bond acceptors (Lipinski definition) is 5. The number of nitrogens with one attached hydrogen (secondary N) is 1. The molecule has 0 unspecified atom stereocenters. The molecular weight excluding hydrogens is 356 g/mol. The lowest BCUT2D eigenvalue weighted by molar-refractivity contribution is -0.118. The molecule has 1 aromatic heterocycles. The second-order valence-electron chi connectivity index (χ2n) is 5.52. The largest absolute Gasteiger partial charge is 0.354 e. The van der Waals surface area contributed by atoms with Gasteiger partial charge >= 0.3 is 0 Å². The molecule has 0 atom stereocenters. The fourth-order valence-corrected chi connectivity index (χ4v) is 4.44. The van der Waals surface area contributed by atoms with Gasteiger partial charge in [-0.1, -0.05) is 37.3 Å². The van der Waals surface area contributed by atoms with Crippen LogP contribution in [0.15, 0.2) is 53.7 Å². The maximum absolute atomic E-state index is 12.3. The van der Waals surface area contributed by atoms with Crippen LogP contribution in [0.25, 0.3) is 0 Å². The number of aromatic nitrogens is 1. The van der Waals surface area contributed by atoms with Gasteiger partial charge in [0.2, 0.25) is 5.91 Å². The van der Waals surface area contributed by atoms with E-state index in [9.17, 15) is 13.2 Å². The summed E-state index contributed by atoms with van der Waals surface area (Å²) in [6.07, 6.45) is 2.48. The molecule has 1 aromatic carbocycles. The van der Waals surface area contributed by atoms with Crippen molar-refractivity contribution in [2.75, 3.05) is 18.1 Å². The number of nitrogens with zero attached hydrogens (tertiary/aromatic N) is 1. The SMILES string of the molecule is CCc1ccccc1CS(=O)(=O)CC(=O)NCCSc1ccccn1. The summed E-state index contributed by atoms with van der Waals surface area (Å²) in [6.45, 7) is 2.39. The Hall–Kier alpha value is -1.86. The highest BCUT2D eigenvalue weighted by Crippen LogP contribution is 2.14. The van der Waals surface area contributed by atoms with E-state index in [0.29, 0.717) is 12.3 Å². The molecule has 134 valence electrons. The maximum Gasteiger partial charge on any atom is 0.235 e. The Kier molecular flexibility index (Phi) is 7.46. The minimum Gasteiger partial charge on any atom is -0.354 e. The quantitative estimate of drug-likeness (QED) is 0.536. The number of carbonyl (C=O) groups is 1. The number of sulfone groups is 1. The Bertz CT molecular complexity index is 793. The summed E-state index contributed by atoms with van der Waals surface area (Å²) < 4.78 is 24.5. The topological polar surface area (TPSA) is 76.1 Å². The van der Waals surface area contributed by atoms with Gasteiger partial charge < -0.3 is 5.32 Å². The number of aryl methyl sites for hydroxylation is 1. The summed E-state index contributed by atoms with van der Waals surface area (Å²) in [5.74, 6) is -0.413. The summed E-state index contributed by atoms with van der Waals surface area (Å²) in [7, 11) is -3.49. The van der Waals surface area contributed by atoms with Gasteiger partial charge in [-0.25, -0.2) is 13.4 Å². The number of amides is 1. The van der Waals surface area contributed by atoms with Crippen molar-refractivity contribution >= 4 is 27.5 Å². The van der Waals surface area contributed by atoms with Crippen LogP contribution in [0.3, 0.4) is 0 Å². The van der Waals surface area contributed by atoms with Gasteiger partial charge in [-0.15, -0.1) is 11.8 Å². The first-order chi connectivity index (χ1) is 12.0. The summed E-state index contributed by atoms with van der Waals surface area (Å²) in [4.78, 5) is 16.1. The van der Waals surface area contributed by atoms with E-state index >= 15 is 0 Å². The Morgan fingerprint density at radius 2 is 1.84 bits per heavy atom. The van der Waals surface area contributed by atoms with E-state index in [0.717, 1.165) is 22.6 Å². The molecule has 0 saturated heterocycles. The number of thioether (sulfide) groups is 1. The molecule has 0 bridgehead atoms. The molecule has 0 aliphatic rings. The van der Waals surface area contributed by atoms with Crippen LogP contribution in [-0.4, -0.2) is 37.4 Å². The lowest BCUT2D eigenvalue weighted by atomic mass is 10.1. The van der Waals surface area contributed by atoms with E-state index < -0.39 is 21.5 Å². The molecule has 0 aliphatic carbocycles. The average Bonchev–Trinajstić information content (AvgIpc) is 2.59. The van der Waals surface area contributed by atoms with Crippen molar-refractivity contribution in [3.63, 3.8) is 0 Å². The molecule has 7 heteroatoms. The molecule has 0 fully saturated rings. The number of carbonyl (C=O) groups excluding carboxylic acids is 1. The van der Waals surface area contributed by atoms with E-state index in [-0.39, 0.29) is 5.75 Å². The van der Waals surface area contributed by atoms with Crippen molar-refractivity contribution in [2.45, 2.75) is 24.1 Å². The van der Waals surface area contributed by atoms with E-state index in [2.05, 4.69) is 10.3 Å². The summed E-state index contributed by atoms with van der Waals surface area (Å²) in [5.41, 5.74) is 1.77. The zero-order chi connectivity index (χ0) is 18.1. The Balaban J connectivity index is 1.78. The first-order valence-corrected chi connectivity index (χ1v) is 10.9. The first-order valence-electron chi connectivity index (χ1n) is 8.08. The molecule has 0 radical (unpaired) electrons. The van der Waals surface area contributed by atoms with Crippen molar-refractivity contribution < 1.29 is 13.2 Å². The smallest absolute Gasteiger partial charge is 0.235 e. The zero-order valence-electron chi connectivity index (χ0n) is 14.1. The van der Waals surface area contributed by atoms with Crippen LogP contribution in [0.2, 0.25) is 0 Å². The fourth-order valence-electron chi connectivity index (χ4n) is 2.36. The zero-order valence-corrected chi connectivity index (χ0v) is 15.8. The van der Waals surface area contributed by atoms with Gasteiger partial charge in [-0.3, -0.25) is 4.79 Å². The molecule has 2 rings (SSSR count). The molecule has 0 aliphatic heterocycles. The monoisotopic (exact) mass is 378 g/mol. The van der Waals surface area contributed by atoms with Crippen LogP contribution < -0.4 is 5.32 Å². The number of pyridine rings is 1. The van der Waals surface area contributed by atoms with Gasteiger partial charge in [0.1, 0.15) is 5.75 Å². The van der Waals surface area contributed by atoms with Crippen molar-refractivity contribution in [1.29, 1.82) is 0 Å². The van der Waals surface area contributed by atoms with E-state index in [1.54, 1.807) is 12.3 Å². The molecule has 5 nitrogen and oxygen atoms in total. The third-order valence-corrected chi connectivity index (χ3v) is 5.94. The van der Waals surface area contributed by atoms with Gasteiger partial charge in [0.25, 0.3) is 0 Å². The van der Waals surface area contributed by atoms with E-state index in [1.165, 1.54) is 11.8 Å². The summed E-state index contributed by atoms with van der Waals surface area (Å²) in [6, 6.07) is 13.1. The first kappa shape index (κ1) is 19.5. The molecule has 1 heterocycles. The van der Waals surface area contributed by atoms with Crippen LogP contribution in [0.5, 0.6) is 0 Å². The number of benzene rings is 1. The van der Waals surface area contributed by atoms with E-state index in [1.807, 2.05) is 43.3 Å². The highest BCUT2D eigenvalue weighted by Gasteiger charge is 2.18. The molecular formula is C18H22N2O3S2. The molecule has 0 spiro atoms. The summed E-state index contributed by atoms with van der Waals surface area (Å²) >= 11 is 1.51. The second-order valence-corrected chi connectivity index (χ2v) is 8.70. The highest BCUT2D eigenvalue weighted by molar-refractivity contribution is 7.99. The molecule has 1 N–H and O–H groups in total. The Labute approximate surface area is 153 Å². The predicted octanol–water partition coefficient (Wildman–Crippen LogP) is 2.47. The van der Waals surface area contributed by atoms with Gasteiger partial charge in [-0.05, 0) is 29.7 Å². The summed E-state index contributed by atoms with van der Waals surface area (Å²) in [5, 5.41) is 3.53. The maximum atomic E-state index is 12.3. The van der Waals surface area contributed by atoms with Crippen LogP contribution in [-0.2, 0) is 26.8 Å². The van der Waals surface area contributed by atoms with Crippen molar-refractivity contribution in [3.05, 3.63) is 59.8 Å². The third-order valence-electron chi connectivity index (χ3n) is 3.54. The van der Waals surface area contributed by atoms with Crippen molar-refractivity contribution in [2.24, 2.45) is 0 Å². The predicted molar refractivity (Wildman–Crippen MR) is 101 cm³/mol. The van der Waals surface area contributed by atoms with Crippen LogP contribution >= 0.6 is 11.8 Å².